The summed E-state index contributed by atoms with van der Waals surface area (Å²) in [5.74, 6) is 0.0463. The summed E-state index contributed by atoms with van der Waals surface area (Å²) < 4.78 is 29.1. The summed E-state index contributed by atoms with van der Waals surface area (Å²) in [6.07, 6.45) is 1.08. The topological polar surface area (TPSA) is 80.5 Å². The number of carbonyl (C=O) groups excluding carboxylic acids is 1. The van der Waals surface area contributed by atoms with Crippen LogP contribution in [-0.4, -0.2) is 43.2 Å². The number of sulfone groups is 1. The summed E-state index contributed by atoms with van der Waals surface area (Å²) in [5.41, 5.74) is 0.630. The van der Waals surface area contributed by atoms with Crippen LogP contribution in [0.4, 0.5) is 0 Å². The van der Waals surface area contributed by atoms with Gasteiger partial charge >= 0.3 is 0 Å². The van der Waals surface area contributed by atoms with E-state index in [9.17, 15) is 13.2 Å². The molecule has 1 aliphatic heterocycles. The van der Waals surface area contributed by atoms with E-state index in [1.807, 2.05) is 0 Å². The number of rotatable bonds is 4. The molecule has 1 amide bonds. The second kappa shape index (κ2) is 6.17. The number of aromatic nitrogens is 1. The first-order valence-corrected chi connectivity index (χ1v) is 8.97. The third-order valence-electron chi connectivity index (χ3n) is 3.60. The van der Waals surface area contributed by atoms with Crippen LogP contribution < -0.4 is 0 Å². The molecule has 0 saturated carbocycles. The largest absolute Gasteiger partial charge is 0.360 e. The van der Waals surface area contributed by atoms with Gasteiger partial charge < -0.3 is 9.42 Å². The lowest BCUT2D eigenvalue weighted by Gasteiger charge is -2.34. The summed E-state index contributed by atoms with van der Waals surface area (Å²) in [6, 6.07) is 1.58. The molecule has 0 spiro atoms. The third-order valence-corrected chi connectivity index (χ3v) is 5.02. The molecule has 1 saturated heterocycles. The minimum Gasteiger partial charge on any atom is -0.360 e. The highest BCUT2D eigenvalue weighted by molar-refractivity contribution is 7.91. The van der Waals surface area contributed by atoms with Crippen molar-refractivity contribution in [1.82, 2.24) is 10.1 Å². The monoisotopic (exact) mass is 314 g/mol. The van der Waals surface area contributed by atoms with Crippen molar-refractivity contribution < 1.29 is 17.7 Å². The Bertz CT molecular complexity index is 598. The molecule has 0 bridgehead atoms. The van der Waals surface area contributed by atoms with Crippen molar-refractivity contribution in [2.45, 2.75) is 32.9 Å². The minimum atomic E-state index is -3.53. The molecule has 1 fully saturated rings. The maximum absolute atomic E-state index is 12.2. The van der Waals surface area contributed by atoms with E-state index in [-0.39, 0.29) is 17.4 Å². The molecular formula is C14H22N2O4S. The Balaban J connectivity index is 1.97. The molecule has 0 unspecified atom stereocenters. The van der Waals surface area contributed by atoms with E-state index in [4.69, 9.17) is 4.52 Å². The first-order chi connectivity index (χ1) is 9.75. The van der Waals surface area contributed by atoms with Crippen LogP contribution in [-0.2, 0) is 20.4 Å². The van der Waals surface area contributed by atoms with Gasteiger partial charge in [-0.15, -0.1) is 0 Å². The van der Waals surface area contributed by atoms with E-state index < -0.39 is 15.6 Å². The molecule has 7 heteroatoms. The Kier molecular flexibility index (Phi) is 4.70. The second-order valence-corrected chi connectivity index (χ2v) is 8.28. The molecule has 1 aliphatic rings. The number of carbonyl (C=O) groups is 1. The summed E-state index contributed by atoms with van der Waals surface area (Å²) in [7, 11) is -3.53. The Morgan fingerprint density at radius 3 is 2.52 bits per heavy atom. The minimum absolute atomic E-state index is 0.278. The Morgan fingerprint density at radius 2 is 2.00 bits per heavy atom. The van der Waals surface area contributed by atoms with Crippen molar-refractivity contribution in [3.05, 3.63) is 17.5 Å². The number of aryl methyl sites for hydroxylation is 1. The van der Waals surface area contributed by atoms with Crippen LogP contribution in [0, 0.1) is 18.8 Å². The van der Waals surface area contributed by atoms with Crippen LogP contribution in [0.5, 0.6) is 0 Å². The molecule has 0 N–H and O–H groups in total. The molecule has 21 heavy (non-hydrogen) atoms. The fourth-order valence-corrected chi connectivity index (χ4v) is 4.13. The maximum atomic E-state index is 12.2. The third kappa shape index (κ3) is 4.56. The zero-order valence-corrected chi connectivity index (χ0v) is 13.5. The second-order valence-electron chi connectivity index (χ2n) is 6.21. The zero-order chi connectivity index (χ0) is 15.6. The van der Waals surface area contributed by atoms with Gasteiger partial charge in [-0.2, -0.15) is 0 Å². The molecule has 2 heterocycles. The van der Waals surface area contributed by atoms with Crippen LogP contribution in [0.25, 0.3) is 0 Å². The highest BCUT2D eigenvalue weighted by atomic mass is 32.2. The molecule has 2 rings (SSSR count). The molecule has 2 atom stereocenters. The fourth-order valence-electron chi connectivity index (χ4n) is 2.90. The summed E-state index contributed by atoms with van der Waals surface area (Å²) in [5, 5.41) is 3.65. The summed E-state index contributed by atoms with van der Waals surface area (Å²) in [6.45, 7) is 7.17. The van der Waals surface area contributed by atoms with Crippen LogP contribution in [0.15, 0.2) is 10.6 Å². The van der Waals surface area contributed by atoms with Gasteiger partial charge in [0.2, 0.25) is 5.91 Å². The SMILES string of the molecule is Cc1cc(CS(=O)(=O)CC(=O)N2C[C@H](C)C[C@@H](C)C2)on1. The first-order valence-electron chi connectivity index (χ1n) is 7.15. The molecule has 0 aliphatic carbocycles. The van der Waals surface area contributed by atoms with Gasteiger partial charge in [-0.3, -0.25) is 4.79 Å². The van der Waals surface area contributed by atoms with E-state index in [0.29, 0.717) is 30.6 Å². The van der Waals surface area contributed by atoms with Crippen LogP contribution in [0.3, 0.4) is 0 Å². The smallest absolute Gasteiger partial charge is 0.237 e. The predicted molar refractivity (Wildman–Crippen MR) is 78.3 cm³/mol. The number of hydrogen-bond donors (Lipinski definition) is 0. The van der Waals surface area contributed by atoms with Crippen molar-refractivity contribution in [2.24, 2.45) is 11.8 Å². The number of amides is 1. The van der Waals surface area contributed by atoms with Crippen LogP contribution in [0.2, 0.25) is 0 Å². The lowest BCUT2D eigenvalue weighted by Crippen LogP contribution is -2.45. The number of likely N-dealkylation sites (tertiary alicyclic amines) is 1. The lowest BCUT2D eigenvalue weighted by atomic mass is 9.92. The number of piperidine rings is 1. The van der Waals surface area contributed by atoms with Crippen molar-refractivity contribution >= 4 is 15.7 Å². The lowest BCUT2D eigenvalue weighted by molar-refractivity contribution is -0.131. The molecule has 118 valence electrons. The van der Waals surface area contributed by atoms with Gasteiger partial charge in [0.1, 0.15) is 11.5 Å². The molecular weight excluding hydrogens is 292 g/mol. The van der Waals surface area contributed by atoms with Crippen LogP contribution >= 0.6 is 0 Å². The van der Waals surface area contributed by atoms with Gasteiger partial charge in [-0.1, -0.05) is 19.0 Å². The maximum Gasteiger partial charge on any atom is 0.237 e. The standard InChI is InChI=1S/C14H22N2O4S/c1-10-4-11(2)7-16(6-10)14(17)9-21(18,19)8-13-5-12(3)15-20-13/h5,10-11H,4,6-9H2,1-3H3/t10-,11-/m1/s1. The fraction of sp³-hybridized carbons (Fsp3) is 0.714. The number of hydrogen-bond acceptors (Lipinski definition) is 5. The van der Waals surface area contributed by atoms with E-state index >= 15 is 0 Å². The highest BCUT2D eigenvalue weighted by Gasteiger charge is 2.28. The molecule has 1 aromatic rings. The van der Waals surface area contributed by atoms with Gasteiger partial charge in [0.25, 0.3) is 0 Å². The van der Waals surface area contributed by atoms with Crippen molar-refractivity contribution in [3.63, 3.8) is 0 Å². The summed E-state index contributed by atoms with van der Waals surface area (Å²) in [4.78, 5) is 13.9. The molecule has 0 aromatic carbocycles. The van der Waals surface area contributed by atoms with Crippen molar-refractivity contribution in [2.75, 3.05) is 18.8 Å². The first kappa shape index (κ1) is 16.0. The quantitative estimate of drug-likeness (QED) is 0.839. The normalized spacial score (nSPS) is 23.3. The number of nitrogens with zero attached hydrogens (tertiary/aromatic N) is 2. The van der Waals surface area contributed by atoms with E-state index in [1.54, 1.807) is 17.9 Å². The highest BCUT2D eigenvalue weighted by Crippen LogP contribution is 2.21. The average Bonchev–Trinajstić information content (AvgIpc) is 2.71. The average molecular weight is 314 g/mol. The van der Waals surface area contributed by atoms with Gasteiger partial charge in [-0.25, -0.2) is 8.42 Å². The zero-order valence-electron chi connectivity index (χ0n) is 12.7. The van der Waals surface area contributed by atoms with Crippen molar-refractivity contribution in [3.8, 4) is 0 Å². The van der Waals surface area contributed by atoms with Crippen LogP contribution in [0.1, 0.15) is 31.7 Å². The van der Waals surface area contributed by atoms with Gasteiger partial charge in [-0.05, 0) is 25.2 Å². The Hall–Kier alpha value is -1.37. The molecule has 1 aromatic heterocycles. The predicted octanol–water partition coefficient (Wildman–Crippen LogP) is 1.40. The van der Waals surface area contributed by atoms with Crippen molar-refractivity contribution in [1.29, 1.82) is 0 Å². The van der Waals surface area contributed by atoms with Gasteiger partial charge in [0.05, 0.1) is 5.69 Å². The van der Waals surface area contributed by atoms with E-state index in [2.05, 4.69) is 19.0 Å². The van der Waals surface area contributed by atoms with E-state index in [1.165, 1.54) is 0 Å². The Morgan fingerprint density at radius 1 is 1.38 bits per heavy atom. The van der Waals surface area contributed by atoms with E-state index in [0.717, 1.165) is 6.42 Å². The molecule has 6 nitrogen and oxygen atoms in total. The van der Waals surface area contributed by atoms with Gasteiger partial charge in [0.15, 0.2) is 15.6 Å². The van der Waals surface area contributed by atoms with Gasteiger partial charge in [0, 0.05) is 19.2 Å². The molecule has 0 radical (unpaired) electrons. The summed E-state index contributed by atoms with van der Waals surface area (Å²) >= 11 is 0. The Labute approximate surface area is 125 Å².